The average molecular weight is 370 g/mol. The molecule has 0 saturated heterocycles. The zero-order valence-corrected chi connectivity index (χ0v) is 16.1. The largest absolute Gasteiger partial charge is 0.350 e. The lowest BCUT2D eigenvalue weighted by atomic mass is 10.1. The number of nitrogens with zero attached hydrogens (tertiary/aromatic N) is 1. The van der Waals surface area contributed by atoms with Gasteiger partial charge in [-0.3, -0.25) is 9.59 Å². The Morgan fingerprint density at radius 2 is 2.04 bits per heavy atom. The zero-order chi connectivity index (χ0) is 17.0. The predicted molar refractivity (Wildman–Crippen MR) is 102 cm³/mol. The molecule has 0 aliphatic heterocycles. The number of likely N-dealkylation sites (N-methyl/N-ethyl adjacent to an activating group) is 1. The Kier molecular flexibility index (Phi) is 7.66. The molecule has 0 spiro atoms. The van der Waals surface area contributed by atoms with Crippen molar-refractivity contribution < 1.29 is 4.79 Å². The molecule has 132 valence electrons. The maximum absolute atomic E-state index is 11.8. The van der Waals surface area contributed by atoms with Gasteiger partial charge in [0.2, 0.25) is 5.91 Å². The first kappa shape index (κ1) is 20.4. The number of carbonyl (C=O) groups excluding carboxylic acids is 1. The van der Waals surface area contributed by atoms with Gasteiger partial charge in [0.25, 0.3) is 5.56 Å². The van der Waals surface area contributed by atoms with Crippen LogP contribution in [0.2, 0.25) is 0 Å². The molecule has 2 aromatic heterocycles. The van der Waals surface area contributed by atoms with E-state index in [1.165, 1.54) is 0 Å². The number of halogens is 1. The number of H-pyrrole nitrogens is 1. The molecule has 0 radical (unpaired) electrons. The van der Waals surface area contributed by atoms with E-state index >= 15 is 0 Å². The van der Waals surface area contributed by atoms with Crippen molar-refractivity contribution in [1.82, 2.24) is 15.2 Å². The highest BCUT2D eigenvalue weighted by Crippen LogP contribution is 2.29. The standard InChI is InChI=1S/C17H23N3O2S.ClH/c1-5-12-8-14(11(2)19-17(12)22)15-7-6-13(23-15)9-18-16(21)10-20(3)4;/h6-8H,5,9-10H2,1-4H3,(H,18,21)(H,19,22);1H. The van der Waals surface area contributed by atoms with Crippen LogP contribution in [0.1, 0.15) is 23.1 Å². The van der Waals surface area contributed by atoms with E-state index in [0.29, 0.717) is 19.5 Å². The van der Waals surface area contributed by atoms with Crippen LogP contribution < -0.4 is 10.9 Å². The van der Waals surface area contributed by atoms with Crippen molar-refractivity contribution in [3.63, 3.8) is 0 Å². The van der Waals surface area contributed by atoms with Crippen molar-refractivity contribution in [3.05, 3.63) is 44.7 Å². The second kappa shape index (κ2) is 9.01. The van der Waals surface area contributed by atoms with Crippen molar-refractivity contribution >= 4 is 29.7 Å². The van der Waals surface area contributed by atoms with Crippen molar-refractivity contribution in [1.29, 1.82) is 0 Å². The molecule has 0 atom stereocenters. The fourth-order valence-corrected chi connectivity index (χ4v) is 3.35. The summed E-state index contributed by atoms with van der Waals surface area (Å²) in [6, 6.07) is 6.03. The first-order valence-corrected chi connectivity index (χ1v) is 8.45. The van der Waals surface area contributed by atoms with E-state index in [2.05, 4.69) is 10.3 Å². The minimum Gasteiger partial charge on any atom is -0.350 e. The molecule has 5 nitrogen and oxygen atoms in total. The number of pyridine rings is 1. The van der Waals surface area contributed by atoms with Crippen LogP contribution in [0, 0.1) is 6.92 Å². The summed E-state index contributed by atoms with van der Waals surface area (Å²) in [6.07, 6.45) is 0.710. The van der Waals surface area contributed by atoms with Gasteiger partial charge in [-0.2, -0.15) is 0 Å². The average Bonchev–Trinajstić information content (AvgIpc) is 2.93. The number of hydrogen-bond acceptors (Lipinski definition) is 4. The van der Waals surface area contributed by atoms with Crippen molar-refractivity contribution in [2.45, 2.75) is 26.8 Å². The highest BCUT2D eigenvalue weighted by Gasteiger charge is 2.10. The minimum absolute atomic E-state index is 0. The van der Waals surface area contributed by atoms with Gasteiger partial charge in [0.15, 0.2) is 0 Å². The number of amides is 1. The van der Waals surface area contributed by atoms with Crippen LogP contribution in [0.25, 0.3) is 10.4 Å². The molecule has 0 fully saturated rings. The summed E-state index contributed by atoms with van der Waals surface area (Å²) >= 11 is 1.64. The second-order valence-electron chi connectivity index (χ2n) is 5.80. The van der Waals surface area contributed by atoms with Crippen molar-refractivity contribution in [2.75, 3.05) is 20.6 Å². The van der Waals surface area contributed by atoms with Gasteiger partial charge in [-0.15, -0.1) is 23.7 Å². The maximum Gasteiger partial charge on any atom is 0.251 e. The third-order valence-corrected chi connectivity index (χ3v) is 4.66. The Morgan fingerprint density at radius 3 is 2.67 bits per heavy atom. The second-order valence-corrected chi connectivity index (χ2v) is 6.96. The van der Waals surface area contributed by atoms with Gasteiger partial charge >= 0.3 is 0 Å². The molecule has 0 unspecified atom stereocenters. The van der Waals surface area contributed by atoms with Gasteiger partial charge in [-0.05, 0) is 45.6 Å². The predicted octanol–water partition coefficient (Wildman–Crippen LogP) is 2.57. The van der Waals surface area contributed by atoms with Gasteiger partial charge < -0.3 is 15.2 Å². The highest BCUT2D eigenvalue weighted by molar-refractivity contribution is 7.15. The SMILES string of the molecule is CCc1cc(-c2ccc(CNC(=O)CN(C)C)s2)c(C)[nH]c1=O.Cl. The van der Waals surface area contributed by atoms with E-state index in [0.717, 1.165) is 26.6 Å². The molecular weight excluding hydrogens is 346 g/mol. The third-order valence-electron chi connectivity index (χ3n) is 3.54. The summed E-state index contributed by atoms with van der Waals surface area (Å²) in [5, 5.41) is 2.91. The summed E-state index contributed by atoms with van der Waals surface area (Å²) in [4.78, 5) is 30.5. The van der Waals surface area contributed by atoms with Crippen LogP contribution in [0.4, 0.5) is 0 Å². The summed E-state index contributed by atoms with van der Waals surface area (Å²) in [7, 11) is 3.74. The summed E-state index contributed by atoms with van der Waals surface area (Å²) in [6.45, 7) is 4.80. The Balaban J connectivity index is 0.00000288. The number of aryl methyl sites for hydroxylation is 2. The molecule has 0 aliphatic carbocycles. The first-order chi connectivity index (χ1) is 10.9. The quantitative estimate of drug-likeness (QED) is 0.822. The lowest BCUT2D eigenvalue weighted by Crippen LogP contribution is -2.32. The molecule has 2 N–H and O–H groups in total. The zero-order valence-electron chi connectivity index (χ0n) is 14.4. The molecule has 2 rings (SSSR count). The molecule has 0 bridgehead atoms. The van der Waals surface area contributed by atoms with Gasteiger partial charge in [-0.25, -0.2) is 0 Å². The number of nitrogens with one attached hydrogen (secondary N) is 2. The van der Waals surface area contributed by atoms with E-state index in [1.807, 2.05) is 51.0 Å². The lowest BCUT2D eigenvalue weighted by molar-refractivity contribution is -0.121. The number of aromatic amines is 1. The Labute approximate surface area is 152 Å². The lowest BCUT2D eigenvalue weighted by Gasteiger charge is -2.09. The van der Waals surface area contributed by atoms with Crippen LogP contribution in [0.5, 0.6) is 0 Å². The van der Waals surface area contributed by atoms with E-state index in [4.69, 9.17) is 0 Å². The minimum atomic E-state index is -0.0125. The van der Waals surface area contributed by atoms with E-state index < -0.39 is 0 Å². The Bertz CT molecular complexity index is 753. The van der Waals surface area contributed by atoms with Crippen LogP contribution in [0.15, 0.2) is 23.0 Å². The fraction of sp³-hybridized carbons (Fsp3) is 0.412. The van der Waals surface area contributed by atoms with Crippen molar-refractivity contribution in [2.24, 2.45) is 0 Å². The fourth-order valence-electron chi connectivity index (χ4n) is 2.33. The molecule has 0 aliphatic rings. The number of carbonyl (C=O) groups is 1. The molecule has 2 heterocycles. The number of hydrogen-bond donors (Lipinski definition) is 2. The molecule has 7 heteroatoms. The van der Waals surface area contributed by atoms with Crippen LogP contribution >= 0.6 is 23.7 Å². The van der Waals surface area contributed by atoms with Gasteiger partial charge in [0, 0.05) is 26.6 Å². The molecule has 24 heavy (non-hydrogen) atoms. The van der Waals surface area contributed by atoms with Crippen LogP contribution in [0.3, 0.4) is 0 Å². The van der Waals surface area contributed by atoms with Gasteiger partial charge in [0.1, 0.15) is 0 Å². The molecule has 1 amide bonds. The summed E-state index contributed by atoms with van der Waals surface area (Å²) in [5.41, 5.74) is 2.70. The number of aromatic nitrogens is 1. The molecule has 0 saturated carbocycles. The Hall–Kier alpha value is -1.63. The van der Waals surface area contributed by atoms with E-state index in [9.17, 15) is 9.59 Å². The van der Waals surface area contributed by atoms with Crippen LogP contribution in [-0.4, -0.2) is 36.4 Å². The summed E-state index contributed by atoms with van der Waals surface area (Å²) in [5.74, 6) is 0.0124. The normalized spacial score (nSPS) is 10.5. The van der Waals surface area contributed by atoms with Crippen LogP contribution in [-0.2, 0) is 17.8 Å². The van der Waals surface area contributed by atoms with E-state index in [1.54, 1.807) is 11.3 Å². The topological polar surface area (TPSA) is 65.2 Å². The van der Waals surface area contributed by atoms with Crippen molar-refractivity contribution in [3.8, 4) is 10.4 Å². The molecular formula is C17H24ClN3O2S. The molecule has 0 aromatic carbocycles. The van der Waals surface area contributed by atoms with Gasteiger partial charge in [0.05, 0.1) is 13.1 Å². The molecule has 2 aromatic rings. The van der Waals surface area contributed by atoms with Gasteiger partial charge in [-0.1, -0.05) is 6.92 Å². The highest BCUT2D eigenvalue weighted by atomic mass is 35.5. The number of rotatable bonds is 6. The number of thiophene rings is 1. The monoisotopic (exact) mass is 369 g/mol. The van der Waals surface area contributed by atoms with E-state index in [-0.39, 0.29) is 23.9 Å². The first-order valence-electron chi connectivity index (χ1n) is 7.64. The maximum atomic E-state index is 11.8. The smallest absolute Gasteiger partial charge is 0.251 e. The Morgan fingerprint density at radius 1 is 1.33 bits per heavy atom. The third kappa shape index (κ3) is 5.19. The summed E-state index contributed by atoms with van der Waals surface area (Å²) < 4.78 is 0.